The first kappa shape index (κ1) is 29.3. The smallest absolute Gasteiger partial charge is 0.410 e. The van der Waals surface area contributed by atoms with Crippen molar-refractivity contribution in [3.05, 3.63) is 42.0 Å². The fourth-order valence-electron chi connectivity index (χ4n) is 3.80. The van der Waals surface area contributed by atoms with E-state index in [1.54, 1.807) is 38.7 Å². The SMILES string of the molecule is Cc1nn(-c2nc(N3CCN(C(=O)OC(C)(C)C)CC3)c(SC(C)C)s2)cc1-c1cccc(F)c1.O=C=O. The molecular weight excluding hydrogens is 529 g/mol. The second kappa shape index (κ2) is 12.6. The Bertz CT molecular complexity index is 1290. The van der Waals surface area contributed by atoms with Crippen molar-refractivity contribution >= 4 is 41.2 Å². The summed E-state index contributed by atoms with van der Waals surface area (Å²) < 4.78 is 22.2. The van der Waals surface area contributed by atoms with E-state index >= 15 is 0 Å². The molecule has 1 amide bonds. The summed E-state index contributed by atoms with van der Waals surface area (Å²) in [5, 5.41) is 5.84. The Morgan fingerprint density at radius 3 is 2.42 bits per heavy atom. The number of halogens is 1. The molecule has 3 aromatic rings. The number of ether oxygens (including phenoxy) is 1. The van der Waals surface area contributed by atoms with E-state index in [0.29, 0.717) is 31.4 Å². The molecule has 38 heavy (non-hydrogen) atoms. The van der Waals surface area contributed by atoms with Crippen molar-refractivity contribution in [1.29, 1.82) is 0 Å². The molecule has 0 unspecified atom stereocenters. The highest BCUT2D eigenvalue weighted by Gasteiger charge is 2.29. The molecule has 4 rings (SSSR count). The second-order valence-electron chi connectivity index (χ2n) is 9.89. The first-order valence-electron chi connectivity index (χ1n) is 12.1. The van der Waals surface area contributed by atoms with Gasteiger partial charge in [0.1, 0.15) is 15.6 Å². The lowest BCUT2D eigenvalue weighted by atomic mass is 10.1. The number of thiazole rings is 1. The van der Waals surface area contributed by atoms with E-state index in [9.17, 15) is 9.18 Å². The van der Waals surface area contributed by atoms with E-state index in [1.807, 2.05) is 40.0 Å². The van der Waals surface area contributed by atoms with Crippen LogP contribution in [0, 0.1) is 12.7 Å². The number of hydrogen-bond donors (Lipinski definition) is 0. The molecule has 3 heterocycles. The molecule has 204 valence electrons. The lowest BCUT2D eigenvalue weighted by molar-refractivity contribution is -0.191. The molecule has 1 aromatic carbocycles. The fourth-order valence-corrected chi connectivity index (χ4v) is 6.25. The van der Waals surface area contributed by atoms with Gasteiger partial charge in [-0.05, 0) is 45.4 Å². The van der Waals surface area contributed by atoms with Crippen LogP contribution in [0.1, 0.15) is 40.3 Å². The Morgan fingerprint density at radius 2 is 1.84 bits per heavy atom. The molecule has 1 aliphatic rings. The zero-order valence-corrected chi connectivity index (χ0v) is 24.0. The zero-order valence-electron chi connectivity index (χ0n) is 22.4. The van der Waals surface area contributed by atoms with Gasteiger partial charge >= 0.3 is 12.2 Å². The highest BCUT2D eigenvalue weighted by Crippen LogP contribution is 2.40. The minimum Gasteiger partial charge on any atom is -0.444 e. The summed E-state index contributed by atoms with van der Waals surface area (Å²) in [4.78, 5) is 37.7. The lowest BCUT2D eigenvalue weighted by Gasteiger charge is -2.36. The van der Waals surface area contributed by atoms with E-state index in [2.05, 4.69) is 23.8 Å². The number of aromatic nitrogens is 3. The average Bonchev–Trinajstić information content (AvgIpc) is 3.42. The Balaban J connectivity index is 0.00000127. The molecule has 0 aliphatic carbocycles. The summed E-state index contributed by atoms with van der Waals surface area (Å²) in [6.45, 7) is 14.4. The molecule has 2 aromatic heterocycles. The third-order valence-corrected chi connectivity index (χ3v) is 7.61. The lowest BCUT2D eigenvalue weighted by Crippen LogP contribution is -2.50. The molecule has 1 saturated heterocycles. The zero-order chi connectivity index (χ0) is 28.0. The van der Waals surface area contributed by atoms with Crippen LogP contribution in [0.25, 0.3) is 16.3 Å². The summed E-state index contributed by atoms with van der Waals surface area (Å²) in [6.07, 6.45) is 1.89. The normalized spacial score (nSPS) is 13.7. The number of amides is 1. The highest BCUT2D eigenvalue weighted by atomic mass is 32.2. The first-order valence-corrected chi connectivity index (χ1v) is 13.8. The average molecular weight is 562 g/mol. The van der Waals surface area contributed by atoms with Gasteiger partial charge in [-0.1, -0.05) is 37.3 Å². The molecule has 0 N–H and O–H groups in total. The monoisotopic (exact) mass is 561 g/mol. The number of carbonyl (C=O) groups excluding carboxylic acids is 3. The molecule has 0 saturated carbocycles. The van der Waals surface area contributed by atoms with Gasteiger partial charge in [-0.15, -0.1) is 11.8 Å². The van der Waals surface area contributed by atoms with Crippen molar-refractivity contribution < 1.29 is 23.5 Å². The van der Waals surface area contributed by atoms with E-state index in [1.165, 1.54) is 12.1 Å². The second-order valence-corrected chi connectivity index (χ2v) is 12.7. The van der Waals surface area contributed by atoms with E-state index in [-0.39, 0.29) is 18.1 Å². The van der Waals surface area contributed by atoms with Gasteiger partial charge in [-0.25, -0.2) is 13.9 Å². The van der Waals surface area contributed by atoms with E-state index in [0.717, 1.165) is 32.0 Å². The van der Waals surface area contributed by atoms with Crippen LogP contribution in [0.5, 0.6) is 0 Å². The van der Waals surface area contributed by atoms with Gasteiger partial charge in [0, 0.05) is 43.2 Å². The van der Waals surface area contributed by atoms with Crippen LogP contribution in [0.2, 0.25) is 0 Å². The first-order chi connectivity index (χ1) is 17.9. The third kappa shape index (κ3) is 7.66. The van der Waals surface area contributed by atoms with Crippen molar-refractivity contribution in [2.75, 3.05) is 31.1 Å². The van der Waals surface area contributed by atoms with Crippen molar-refractivity contribution in [1.82, 2.24) is 19.7 Å². The topological polar surface area (TPSA) is 97.6 Å². The number of piperazine rings is 1. The van der Waals surface area contributed by atoms with E-state index < -0.39 is 5.60 Å². The Labute approximate surface area is 230 Å². The fraction of sp³-hybridized carbons (Fsp3) is 0.462. The summed E-state index contributed by atoms with van der Waals surface area (Å²) in [6, 6.07) is 6.55. The number of rotatable bonds is 5. The largest absolute Gasteiger partial charge is 0.444 e. The highest BCUT2D eigenvalue weighted by molar-refractivity contribution is 8.01. The third-order valence-electron chi connectivity index (χ3n) is 5.37. The number of thioether (sulfide) groups is 1. The summed E-state index contributed by atoms with van der Waals surface area (Å²) in [5.74, 6) is 0.653. The van der Waals surface area contributed by atoms with Gasteiger partial charge in [0.05, 0.1) is 5.69 Å². The molecule has 1 aliphatic heterocycles. The van der Waals surface area contributed by atoms with Gasteiger partial charge in [-0.2, -0.15) is 19.7 Å². The Morgan fingerprint density at radius 1 is 1.18 bits per heavy atom. The van der Waals surface area contributed by atoms with Crippen molar-refractivity contribution in [2.24, 2.45) is 0 Å². The molecule has 9 nitrogen and oxygen atoms in total. The van der Waals surface area contributed by atoms with Crippen molar-refractivity contribution in [3.63, 3.8) is 0 Å². The van der Waals surface area contributed by atoms with E-state index in [4.69, 9.17) is 19.3 Å². The maximum atomic E-state index is 13.8. The number of carbonyl (C=O) groups is 1. The van der Waals surface area contributed by atoms with Crippen LogP contribution in [0.3, 0.4) is 0 Å². The van der Waals surface area contributed by atoms with Gasteiger partial charge in [0.25, 0.3) is 0 Å². The molecule has 0 spiro atoms. The van der Waals surface area contributed by atoms with Crippen molar-refractivity contribution in [3.8, 4) is 16.3 Å². The predicted octanol–water partition coefficient (Wildman–Crippen LogP) is 5.42. The molecule has 12 heteroatoms. The molecular formula is C26H32FN5O4S2. The maximum absolute atomic E-state index is 13.8. The number of benzene rings is 1. The van der Waals surface area contributed by atoms with Crippen LogP contribution < -0.4 is 4.90 Å². The quantitative estimate of drug-likeness (QED) is 0.381. The van der Waals surface area contributed by atoms with Gasteiger partial charge in [0.2, 0.25) is 5.13 Å². The Hall–Kier alpha value is -3.21. The summed E-state index contributed by atoms with van der Waals surface area (Å²) in [5.41, 5.74) is 1.98. The minimum absolute atomic E-state index is 0.250. The van der Waals surface area contributed by atoms with Crippen LogP contribution in [-0.4, -0.2) is 68.9 Å². The van der Waals surface area contributed by atoms with Gasteiger partial charge < -0.3 is 14.5 Å². The molecule has 0 atom stereocenters. The standard InChI is InChI=1S/C25H32FN5O2S2.CO2/c1-16(2)34-22-21(29-10-12-30(13-11-29)24(32)33-25(4,5)6)27-23(35-22)31-15-20(17(3)28-31)18-8-7-9-19(26)14-18;2-1-3/h7-9,14-16H,10-13H2,1-6H3;. The maximum Gasteiger partial charge on any atom is 0.410 e. The van der Waals surface area contributed by atoms with Gasteiger partial charge in [-0.3, -0.25) is 0 Å². The number of nitrogens with zero attached hydrogens (tertiary/aromatic N) is 5. The predicted molar refractivity (Wildman–Crippen MR) is 145 cm³/mol. The molecule has 1 fully saturated rings. The van der Waals surface area contributed by atoms with Crippen molar-refractivity contribution in [2.45, 2.75) is 56.6 Å². The Kier molecular flexibility index (Phi) is 9.70. The van der Waals surface area contributed by atoms with Crippen LogP contribution in [-0.2, 0) is 14.3 Å². The summed E-state index contributed by atoms with van der Waals surface area (Å²) in [7, 11) is 0. The van der Waals surface area contributed by atoms with Crippen LogP contribution in [0.15, 0.2) is 34.7 Å². The van der Waals surface area contributed by atoms with Crippen LogP contribution in [0.4, 0.5) is 15.0 Å². The molecule has 0 radical (unpaired) electrons. The number of aryl methyl sites for hydroxylation is 1. The van der Waals surface area contributed by atoms with Crippen LogP contribution >= 0.6 is 23.1 Å². The van der Waals surface area contributed by atoms with Gasteiger partial charge in [0.15, 0.2) is 5.82 Å². The summed E-state index contributed by atoms with van der Waals surface area (Å²) >= 11 is 3.38. The number of hydrogen-bond acceptors (Lipinski definition) is 9. The minimum atomic E-state index is -0.509. The number of anilines is 1. The molecule has 0 bridgehead atoms.